The van der Waals surface area contributed by atoms with Gasteiger partial charge in [0.05, 0.1) is 11.3 Å². The zero-order valence-corrected chi connectivity index (χ0v) is 15.7. The van der Waals surface area contributed by atoms with E-state index >= 15 is 0 Å². The van der Waals surface area contributed by atoms with Crippen molar-refractivity contribution in [2.75, 3.05) is 0 Å². The van der Waals surface area contributed by atoms with Crippen LogP contribution in [0.5, 0.6) is 0 Å². The minimum Gasteiger partial charge on any atom is -0.459 e. The molecular weight excluding hydrogens is 292 g/mol. The first kappa shape index (κ1) is 18.3. The quantitative estimate of drug-likeness (QED) is 0.676. The van der Waals surface area contributed by atoms with Crippen LogP contribution in [-0.4, -0.2) is 23.1 Å². The maximum atomic E-state index is 12.4. The van der Waals surface area contributed by atoms with Gasteiger partial charge in [0, 0.05) is 12.8 Å². The van der Waals surface area contributed by atoms with E-state index in [4.69, 9.17) is 9.47 Å². The Hall–Kier alpha value is -1.06. The molecule has 0 aromatic carbocycles. The number of fused-ring (bicyclic) bond motifs is 1. The fraction of sp³-hybridized carbons (Fsp3) is 0.895. The van der Waals surface area contributed by atoms with Gasteiger partial charge >= 0.3 is 11.9 Å². The molecule has 2 aliphatic carbocycles. The maximum absolute atomic E-state index is 12.4. The summed E-state index contributed by atoms with van der Waals surface area (Å²) < 4.78 is 11.8. The summed E-state index contributed by atoms with van der Waals surface area (Å²) in [6.45, 7) is 13.8. The zero-order chi connectivity index (χ0) is 17.7. The molecule has 0 radical (unpaired) electrons. The van der Waals surface area contributed by atoms with Crippen molar-refractivity contribution in [2.24, 2.45) is 16.7 Å². The number of carbonyl (C=O) groups is 2. The third-order valence-electron chi connectivity index (χ3n) is 5.21. The minimum atomic E-state index is -0.527. The third kappa shape index (κ3) is 3.41. The van der Waals surface area contributed by atoms with Gasteiger partial charge in [0.2, 0.25) is 0 Å². The van der Waals surface area contributed by atoms with E-state index in [1.54, 1.807) is 0 Å². The van der Waals surface area contributed by atoms with Crippen LogP contribution >= 0.6 is 0 Å². The molecule has 4 atom stereocenters. The summed E-state index contributed by atoms with van der Waals surface area (Å²) in [6, 6.07) is 0. The standard InChI is InChI=1S/C17H26O4.C2H6/c1-14(2,3)13(19)21-17-7-11-6-15(4,9-17)8-16(5,10-17)20-12(11)18;1-2/h11H,6-10H2,1-5H3;1-2H3. The fourth-order valence-corrected chi connectivity index (χ4v) is 4.98. The van der Waals surface area contributed by atoms with Crippen molar-refractivity contribution in [1.29, 1.82) is 0 Å². The Morgan fingerprint density at radius 3 is 2.30 bits per heavy atom. The van der Waals surface area contributed by atoms with Gasteiger partial charge in [-0.1, -0.05) is 20.8 Å². The number of ether oxygens (including phenoxy) is 2. The summed E-state index contributed by atoms with van der Waals surface area (Å²) in [5, 5.41) is 0. The highest BCUT2D eigenvalue weighted by Crippen LogP contribution is 2.60. The van der Waals surface area contributed by atoms with Crippen LogP contribution in [0.4, 0.5) is 0 Å². The van der Waals surface area contributed by atoms with Crippen LogP contribution in [0.1, 0.15) is 80.6 Å². The van der Waals surface area contributed by atoms with Crippen LogP contribution in [0.2, 0.25) is 0 Å². The molecule has 4 rings (SSSR count). The summed E-state index contributed by atoms with van der Waals surface area (Å²) in [5.74, 6) is -0.403. The third-order valence-corrected chi connectivity index (χ3v) is 5.21. The van der Waals surface area contributed by atoms with Gasteiger partial charge < -0.3 is 9.47 Å². The molecule has 2 saturated heterocycles. The molecule has 2 saturated carbocycles. The molecule has 2 heterocycles. The van der Waals surface area contributed by atoms with Gasteiger partial charge in [0.15, 0.2) is 0 Å². The lowest BCUT2D eigenvalue weighted by atomic mass is 9.55. The van der Waals surface area contributed by atoms with Crippen LogP contribution < -0.4 is 0 Å². The van der Waals surface area contributed by atoms with Crippen molar-refractivity contribution in [3.8, 4) is 0 Å². The van der Waals surface area contributed by atoms with E-state index in [2.05, 4.69) is 6.92 Å². The van der Waals surface area contributed by atoms with Crippen molar-refractivity contribution in [3.63, 3.8) is 0 Å². The van der Waals surface area contributed by atoms with Crippen LogP contribution in [0.25, 0.3) is 0 Å². The van der Waals surface area contributed by atoms with E-state index in [0.29, 0.717) is 12.8 Å². The van der Waals surface area contributed by atoms with Crippen LogP contribution in [0, 0.1) is 16.7 Å². The van der Waals surface area contributed by atoms with Gasteiger partial charge in [-0.25, -0.2) is 0 Å². The van der Waals surface area contributed by atoms with Gasteiger partial charge in [-0.05, 0) is 52.4 Å². The Morgan fingerprint density at radius 2 is 1.74 bits per heavy atom. The summed E-state index contributed by atoms with van der Waals surface area (Å²) in [4.78, 5) is 24.7. The number of esters is 2. The topological polar surface area (TPSA) is 52.6 Å². The molecule has 0 aromatic heterocycles. The van der Waals surface area contributed by atoms with E-state index in [1.807, 2.05) is 41.5 Å². The average molecular weight is 324 g/mol. The Balaban J connectivity index is 0.000000924. The molecule has 0 aromatic rings. The Bertz CT molecular complexity index is 506. The molecule has 4 heteroatoms. The van der Waals surface area contributed by atoms with E-state index in [-0.39, 0.29) is 23.3 Å². The predicted molar refractivity (Wildman–Crippen MR) is 88.8 cm³/mol. The first-order chi connectivity index (χ1) is 10.4. The monoisotopic (exact) mass is 324 g/mol. The van der Waals surface area contributed by atoms with Gasteiger partial charge in [0.25, 0.3) is 0 Å². The number of hydrogen-bond acceptors (Lipinski definition) is 4. The zero-order valence-electron chi connectivity index (χ0n) is 15.7. The second kappa shape index (κ2) is 5.49. The van der Waals surface area contributed by atoms with Crippen molar-refractivity contribution < 1.29 is 19.1 Å². The molecule has 4 unspecified atom stereocenters. The molecule has 0 amide bonds. The molecule has 132 valence electrons. The number of rotatable bonds is 1. The van der Waals surface area contributed by atoms with Gasteiger partial charge in [0.1, 0.15) is 11.2 Å². The van der Waals surface area contributed by atoms with Crippen molar-refractivity contribution in [1.82, 2.24) is 0 Å². The summed E-state index contributed by atoms with van der Waals surface area (Å²) in [6.07, 6.45) is 3.84. The predicted octanol–water partition coefficient (Wildman–Crippen LogP) is 4.26. The van der Waals surface area contributed by atoms with E-state index in [1.165, 1.54) is 0 Å². The average Bonchev–Trinajstić information content (AvgIpc) is 2.47. The van der Waals surface area contributed by atoms with E-state index < -0.39 is 16.6 Å². The largest absolute Gasteiger partial charge is 0.459 e. The first-order valence-electron chi connectivity index (χ1n) is 8.91. The van der Waals surface area contributed by atoms with Gasteiger partial charge in [-0.15, -0.1) is 0 Å². The Kier molecular flexibility index (Phi) is 4.36. The summed E-state index contributed by atoms with van der Waals surface area (Å²) in [5.41, 5.74) is -1.51. The second-order valence-electron chi connectivity index (χ2n) is 9.14. The first-order valence-corrected chi connectivity index (χ1v) is 8.91. The molecule has 0 spiro atoms. The lowest BCUT2D eigenvalue weighted by Gasteiger charge is -2.54. The lowest BCUT2D eigenvalue weighted by Crippen LogP contribution is -2.56. The summed E-state index contributed by atoms with van der Waals surface area (Å²) in [7, 11) is 0. The van der Waals surface area contributed by atoms with Crippen LogP contribution in [0.3, 0.4) is 0 Å². The normalized spacial score (nSPS) is 41.5. The van der Waals surface area contributed by atoms with E-state index in [9.17, 15) is 9.59 Å². The SMILES string of the molecule is CC.CC12CC3CC(OC(=O)C(C)(C)C)(C1)CC(C)(C2)OC3=O. The molecule has 4 fully saturated rings. The maximum Gasteiger partial charge on any atom is 0.311 e. The van der Waals surface area contributed by atoms with Crippen molar-refractivity contribution in [3.05, 3.63) is 0 Å². The smallest absolute Gasteiger partial charge is 0.311 e. The summed E-state index contributed by atoms with van der Waals surface area (Å²) >= 11 is 0. The molecular formula is C19H32O4. The highest BCUT2D eigenvalue weighted by Gasteiger charge is 2.63. The number of carbonyl (C=O) groups excluding carboxylic acids is 2. The number of hydrogen-bond donors (Lipinski definition) is 0. The minimum absolute atomic E-state index is 0.0280. The van der Waals surface area contributed by atoms with Crippen molar-refractivity contribution >= 4 is 11.9 Å². The van der Waals surface area contributed by atoms with Crippen LogP contribution in [-0.2, 0) is 19.1 Å². The van der Waals surface area contributed by atoms with Gasteiger partial charge in [-0.2, -0.15) is 0 Å². The molecule has 4 nitrogen and oxygen atoms in total. The Morgan fingerprint density at radius 1 is 1.13 bits per heavy atom. The second-order valence-corrected chi connectivity index (χ2v) is 9.14. The lowest BCUT2D eigenvalue weighted by molar-refractivity contribution is -0.198. The molecule has 23 heavy (non-hydrogen) atoms. The van der Waals surface area contributed by atoms with E-state index in [0.717, 1.165) is 19.3 Å². The van der Waals surface area contributed by atoms with Gasteiger partial charge in [-0.3, -0.25) is 9.59 Å². The molecule has 4 aliphatic rings. The molecule has 0 N–H and O–H groups in total. The Labute approximate surface area is 140 Å². The van der Waals surface area contributed by atoms with Crippen molar-refractivity contribution in [2.45, 2.75) is 91.8 Å². The fourth-order valence-electron chi connectivity index (χ4n) is 4.98. The highest BCUT2D eigenvalue weighted by atomic mass is 16.6. The van der Waals surface area contributed by atoms with Crippen LogP contribution in [0.15, 0.2) is 0 Å². The highest BCUT2D eigenvalue weighted by molar-refractivity contribution is 5.77. The molecule has 2 aliphatic heterocycles. The molecule has 4 bridgehead atoms.